The van der Waals surface area contributed by atoms with Gasteiger partial charge in [-0.3, -0.25) is 24.1 Å². The van der Waals surface area contributed by atoms with Crippen LogP contribution in [0.3, 0.4) is 0 Å². The number of imide groups is 2. The van der Waals surface area contributed by atoms with E-state index in [1.54, 1.807) is 48.5 Å². The second-order valence-corrected chi connectivity index (χ2v) is 9.62. The van der Waals surface area contributed by atoms with Crippen LogP contribution >= 0.6 is 23.2 Å². The van der Waals surface area contributed by atoms with Crippen LogP contribution in [0, 0.1) is 23.7 Å². The van der Waals surface area contributed by atoms with Crippen LogP contribution in [0.5, 0.6) is 0 Å². The monoisotopic (exact) mass is 482 g/mol. The molecular weight excluding hydrogens is 463 g/mol. The largest absolute Gasteiger partial charge is 0.274 e. The van der Waals surface area contributed by atoms with Crippen molar-refractivity contribution in [3.05, 3.63) is 70.2 Å². The van der Waals surface area contributed by atoms with E-state index in [0.29, 0.717) is 27.8 Å². The fourth-order valence-electron chi connectivity index (χ4n) is 5.31. The number of hydrogen-bond donors (Lipinski definition) is 0. The maximum atomic E-state index is 13.3. The number of benzene rings is 2. The van der Waals surface area contributed by atoms with Crippen molar-refractivity contribution in [1.82, 2.24) is 0 Å². The third kappa shape index (κ3) is 3.58. The van der Waals surface area contributed by atoms with Gasteiger partial charge in [-0.2, -0.15) is 0 Å². The van der Waals surface area contributed by atoms with Crippen molar-refractivity contribution < 1.29 is 19.2 Å². The van der Waals surface area contributed by atoms with Crippen LogP contribution in [0.25, 0.3) is 0 Å². The molecule has 2 fully saturated rings. The number of fused-ring (bicyclic) bond motifs is 1. The molecule has 2 aliphatic heterocycles. The molecule has 8 heteroatoms. The Morgan fingerprint density at radius 1 is 0.788 bits per heavy atom. The molecule has 4 amide bonds. The molecule has 0 saturated carbocycles. The number of anilines is 2. The lowest BCUT2D eigenvalue weighted by atomic mass is 9.71. The minimum absolute atomic E-state index is 0.0529. The van der Waals surface area contributed by atoms with Gasteiger partial charge in [0.2, 0.25) is 23.6 Å². The first-order valence-corrected chi connectivity index (χ1v) is 11.5. The summed E-state index contributed by atoms with van der Waals surface area (Å²) in [6.07, 6.45) is 2.28. The molecule has 2 aromatic rings. The van der Waals surface area contributed by atoms with Crippen molar-refractivity contribution in [3.8, 4) is 0 Å². The predicted molar refractivity (Wildman–Crippen MR) is 125 cm³/mol. The van der Waals surface area contributed by atoms with Gasteiger partial charge in [-0.25, -0.2) is 4.90 Å². The Kier molecular flexibility index (Phi) is 5.38. The number of allylic oxidation sites excluding steroid dienone is 1. The predicted octanol–water partition coefficient (Wildman–Crippen LogP) is 4.64. The molecule has 1 aliphatic carbocycles. The van der Waals surface area contributed by atoms with Crippen molar-refractivity contribution >= 4 is 58.2 Å². The van der Waals surface area contributed by atoms with Crippen LogP contribution in [-0.4, -0.2) is 23.6 Å². The van der Waals surface area contributed by atoms with E-state index in [1.165, 1.54) is 9.80 Å². The lowest BCUT2D eigenvalue weighted by molar-refractivity contribution is -0.125. The van der Waals surface area contributed by atoms with Gasteiger partial charge in [0, 0.05) is 16.5 Å². The van der Waals surface area contributed by atoms with Gasteiger partial charge in [0.05, 0.1) is 29.1 Å². The fourth-order valence-corrected chi connectivity index (χ4v) is 5.68. The summed E-state index contributed by atoms with van der Waals surface area (Å²) in [5.41, 5.74) is 1.63. The quantitative estimate of drug-likeness (QED) is 0.471. The van der Waals surface area contributed by atoms with E-state index in [0.717, 1.165) is 5.57 Å². The van der Waals surface area contributed by atoms with Gasteiger partial charge >= 0.3 is 0 Å². The number of amides is 4. The normalized spacial score (nSPS) is 27.3. The van der Waals surface area contributed by atoms with Crippen LogP contribution in [0.1, 0.15) is 19.8 Å². The standard InChI is InChI=1S/C25H20Cl2N2O4/c1-13-8-14(19-12-21(30)28(23(19)31)17-6-2-4-15(26)10-17)9-20-22(13)25(33)29(24(20)32)18-7-3-5-16(27)11-18/h2-8,10-11,14,19-20,22H,9,12H2,1H3/t14-,19-,20+,22+/m0/s1. The molecular formula is C25H20Cl2N2O4. The third-order valence-electron chi connectivity index (χ3n) is 6.75. The smallest absolute Gasteiger partial charge is 0.241 e. The van der Waals surface area contributed by atoms with Gasteiger partial charge in [-0.1, -0.05) is 47.0 Å². The molecule has 3 aliphatic rings. The van der Waals surface area contributed by atoms with Gasteiger partial charge in [0.25, 0.3) is 0 Å². The van der Waals surface area contributed by atoms with Gasteiger partial charge in [-0.05, 0) is 55.7 Å². The van der Waals surface area contributed by atoms with E-state index < -0.39 is 17.8 Å². The summed E-state index contributed by atoms with van der Waals surface area (Å²) in [6, 6.07) is 13.3. The summed E-state index contributed by atoms with van der Waals surface area (Å²) in [5.74, 6) is -3.23. The van der Waals surface area contributed by atoms with Crippen molar-refractivity contribution in [3.63, 3.8) is 0 Å². The van der Waals surface area contributed by atoms with Crippen LogP contribution in [0.2, 0.25) is 10.0 Å². The molecule has 2 heterocycles. The number of nitrogens with zero attached hydrogens (tertiary/aromatic N) is 2. The molecule has 2 saturated heterocycles. The Balaban J connectivity index is 1.42. The zero-order valence-corrected chi connectivity index (χ0v) is 19.2. The molecule has 0 spiro atoms. The van der Waals surface area contributed by atoms with Crippen molar-refractivity contribution in [2.45, 2.75) is 19.8 Å². The van der Waals surface area contributed by atoms with E-state index in [9.17, 15) is 19.2 Å². The highest BCUT2D eigenvalue weighted by Crippen LogP contribution is 2.46. The SMILES string of the molecule is CC1=C[C@H]([C@@H]2CC(=O)N(c3cccc(Cl)c3)C2=O)C[C@H]2C(=O)N(c3cccc(Cl)c3)C(=O)[C@H]12. The zero-order valence-electron chi connectivity index (χ0n) is 17.7. The molecule has 2 aromatic carbocycles. The molecule has 0 unspecified atom stereocenters. The van der Waals surface area contributed by atoms with E-state index in [1.807, 2.05) is 13.0 Å². The Morgan fingerprint density at radius 2 is 1.36 bits per heavy atom. The first-order valence-electron chi connectivity index (χ1n) is 10.7. The van der Waals surface area contributed by atoms with Crippen molar-refractivity contribution in [2.75, 3.05) is 9.80 Å². The molecule has 0 bridgehead atoms. The maximum absolute atomic E-state index is 13.3. The van der Waals surface area contributed by atoms with E-state index in [4.69, 9.17) is 23.2 Å². The summed E-state index contributed by atoms with van der Waals surface area (Å²) in [4.78, 5) is 54.8. The molecule has 0 N–H and O–H groups in total. The highest BCUT2D eigenvalue weighted by atomic mass is 35.5. The highest BCUT2D eigenvalue weighted by Gasteiger charge is 2.54. The number of halogens is 2. The molecule has 33 heavy (non-hydrogen) atoms. The Morgan fingerprint density at radius 3 is 1.97 bits per heavy atom. The first kappa shape index (κ1) is 21.9. The maximum Gasteiger partial charge on any atom is 0.241 e. The lowest BCUT2D eigenvalue weighted by Gasteiger charge is -2.29. The molecule has 168 valence electrons. The summed E-state index contributed by atoms with van der Waals surface area (Å²) in [7, 11) is 0. The van der Waals surface area contributed by atoms with Crippen LogP contribution < -0.4 is 9.80 Å². The summed E-state index contributed by atoms with van der Waals surface area (Å²) >= 11 is 12.1. The van der Waals surface area contributed by atoms with Crippen LogP contribution in [0.15, 0.2) is 60.2 Å². The van der Waals surface area contributed by atoms with Gasteiger partial charge in [-0.15, -0.1) is 0 Å². The summed E-state index contributed by atoms with van der Waals surface area (Å²) in [6.45, 7) is 1.81. The number of hydrogen-bond acceptors (Lipinski definition) is 4. The second kappa shape index (κ2) is 8.12. The van der Waals surface area contributed by atoms with Crippen LogP contribution in [0.4, 0.5) is 11.4 Å². The number of carbonyl (C=O) groups is 4. The molecule has 0 radical (unpaired) electrons. The zero-order chi connectivity index (χ0) is 23.4. The van der Waals surface area contributed by atoms with E-state index in [-0.39, 0.29) is 36.0 Å². The summed E-state index contributed by atoms with van der Waals surface area (Å²) < 4.78 is 0. The molecule has 4 atom stereocenters. The Labute approximate surface area is 200 Å². The minimum atomic E-state index is -0.587. The van der Waals surface area contributed by atoms with E-state index in [2.05, 4.69) is 0 Å². The Hall–Kier alpha value is -2.96. The second-order valence-electron chi connectivity index (χ2n) is 8.74. The average Bonchev–Trinajstić information content (AvgIpc) is 3.20. The topological polar surface area (TPSA) is 74.8 Å². The Bertz CT molecular complexity index is 1240. The van der Waals surface area contributed by atoms with Crippen molar-refractivity contribution in [2.24, 2.45) is 23.7 Å². The minimum Gasteiger partial charge on any atom is -0.274 e. The molecule has 5 rings (SSSR count). The van der Waals surface area contributed by atoms with E-state index >= 15 is 0 Å². The third-order valence-corrected chi connectivity index (χ3v) is 7.22. The summed E-state index contributed by atoms with van der Waals surface area (Å²) in [5, 5.41) is 0.869. The lowest BCUT2D eigenvalue weighted by Crippen LogP contribution is -2.35. The first-order chi connectivity index (χ1) is 15.8. The fraction of sp³-hybridized carbons (Fsp3) is 0.280. The van der Waals surface area contributed by atoms with Gasteiger partial charge in [0.1, 0.15) is 0 Å². The highest BCUT2D eigenvalue weighted by molar-refractivity contribution is 6.32. The van der Waals surface area contributed by atoms with Crippen molar-refractivity contribution in [1.29, 1.82) is 0 Å². The number of carbonyl (C=O) groups excluding carboxylic acids is 4. The average molecular weight is 483 g/mol. The molecule has 6 nitrogen and oxygen atoms in total. The molecule has 0 aromatic heterocycles. The van der Waals surface area contributed by atoms with Gasteiger partial charge in [0.15, 0.2) is 0 Å². The van der Waals surface area contributed by atoms with Crippen LogP contribution in [-0.2, 0) is 19.2 Å². The van der Waals surface area contributed by atoms with Gasteiger partial charge < -0.3 is 0 Å². The number of rotatable bonds is 3.